The molecule has 0 atom stereocenters. The highest BCUT2D eigenvalue weighted by Gasteiger charge is 2.29. The first kappa shape index (κ1) is 8.45. The molecule has 0 aliphatic heterocycles. The van der Waals surface area contributed by atoms with Gasteiger partial charge in [-0.2, -0.15) is 0 Å². The molecule has 12 heavy (non-hydrogen) atoms. The van der Waals surface area contributed by atoms with Crippen LogP contribution in [0.3, 0.4) is 0 Å². The lowest BCUT2D eigenvalue weighted by atomic mass is 10.2. The fraction of sp³-hybridized carbons (Fsp3) is 0.444. The summed E-state index contributed by atoms with van der Waals surface area (Å²) in [4.78, 5) is 12.6. The lowest BCUT2D eigenvalue weighted by Gasteiger charge is -1.92. The molecule has 64 valence electrons. The van der Waals surface area contributed by atoms with Gasteiger partial charge >= 0.3 is 0 Å². The Balaban J connectivity index is 1.98. The van der Waals surface area contributed by atoms with Crippen LogP contribution in [0.2, 0.25) is 0 Å². The van der Waals surface area contributed by atoms with Gasteiger partial charge in [-0.25, -0.2) is 0 Å². The van der Waals surface area contributed by atoms with Crippen molar-refractivity contribution in [2.24, 2.45) is 5.92 Å². The second kappa shape index (κ2) is 3.30. The fourth-order valence-corrected chi connectivity index (χ4v) is 2.63. The average Bonchev–Trinajstić information content (AvgIpc) is 2.78. The number of rotatable bonds is 3. The normalized spacial score (nSPS) is 16.4. The molecule has 1 aliphatic carbocycles. The van der Waals surface area contributed by atoms with Gasteiger partial charge in [-0.1, -0.05) is 0 Å². The summed E-state index contributed by atoms with van der Waals surface area (Å²) in [7, 11) is 0. The molecule has 0 N–H and O–H groups in total. The molecule has 0 spiro atoms. The molecule has 0 amide bonds. The van der Waals surface area contributed by atoms with Crippen LogP contribution in [-0.4, -0.2) is 5.78 Å². The Bertz CT molecular complexity index is 301. The van der Waals surface area contributed by atoms with Crippen LogP contribution < -0.4 is 0 Å². The fourth-order valence-electron chi connectivity index (χ4n) is 1.17. The number of ketones is 1. The molecule has 3 heteroatoms. The van der Waals surface area contributed by atoms with E-state index in [0.717, 1.165) is 17.3 Å². The molecule has 1 saturated carbocycles. The highest BCUT2D eigenvalue weighted by Crippen LogP contribution is 2.32. The molecule has 2 rings (SSSR count). The Labute approximate surface area is 83.9 Å². The minimum atomic E-state index is 0.394. The van der Waals surface area contributed by atoms with Gasteiger partial charge in [0.05, 0.1) is 0 Å². The van der Waals surface area contributed by atoms with Crippen LogP contribution >= 0.6 is 27.3 Å². The van der Waals surface area contributed by atoms with Crippen molar-refractivity contribution in [2.75, 3.05) is 0 Å². The maximum absolute atomic E-state index is 11.4. The van der Waals surface area contributed by atoms with E-state index in [1.165, 1.54) is 4.88 Å². The summed E-state index contributed by atoms with van der Waals surface area (Å²) in [5.74, 6) is 0.815. The molecule has 1 fully saturated rings. The number of Topliss-reactive ketones (excluding diaryl/α,β-unsaturated/α-hetero) is 1. The van der Waals surface area contributed by atoms with Crippen molar-refractivity contribution in [3.05, 3.63) is 20.8 Å². The van der Waals surface area contributed by atoms with Crippen LogP contribution in [0.5, 0.6) is 0 Å². The van der Waals surface area contributed by atoms with Crippen molar-refractivity contribution in [3.63, 3.8) is 0 Å². The summed E-state index contributed by atoms with van der Waals surface area (Å²) in [6.07, 6.45) is 2.87. The minimum Gasteiger partial charge on any atom is -0.299 e. The predicted octanol–water partition coefficient (Wildman–Crippen LogP) is 3.03. The summed E-state index contributed by atoms with van der Waals surface area (Å²) in [6, 6.07) is 2.03. The lowest BCUT2D eigenvalue weighted by Crippen LogP contribution is -2.02. The van der Waals surface area contributed by atoms with Gasteiger partial charge in [-0.15, -0.1) is 11.3 Å². The maximum Gasteiger partial charge on any atom is 0.141 e. The zero-order chi connectivity index (χ0) is 8.55. The van der Waals surface area contributed by atoms with E-state index in [4.69, 9.17) is 0 Å². The molecule has 1 aromatic heterocycles. The van der Waals surface area contributed by atoms with Crippen LogP contribution in [0, 0.1) is 5.92 Å². The van der Waals surface area contributed by atoms with Crippen molar-refractivity contribution in [3.8, 4) is 0 Å². The van der Waals surface area contributed by atoms with Crippen molar-refractivity contribution in [1.29, 1.82) is 0 Å². The molecule has 0 aromatic carbocycles. The number of halogens is 1. The van der Waals surface area contributed by atoms with Gasteiger partial charge in [-0.05, 0) is 34.8 Å². The maximum atomic E-state index is 11.4. The zero-order valence-electron chi connectivity index (χ0n) is 6.55. The lowest BCUT2D eigenvalue weighted by molar-refractivity contribution is -0.119. The third-order valence-electron chi connectivity index (χ3n) is 2.00. The summed E-state index contributed by atoms with van der Waals surface area (Å²) >= 11 is 5.03. The standard InChI is InChI=1S/C9H9BrOS/c10-7-3-8(12-5-7)4-9(11)6-1-2-6/h3,5-6H,1-2,4H2. The van der Waals surface area contributed by atoms with E-state index >= 15 is 0 Å². The van der Waals surface area contributed by atoms with Gasteiger partial charge in [0.2, 0.25) is 0 Å². The van der Waals surface area contributed by atoms with E-state index in [0.29, 0.717) is 18.1 Å². The van der Waals surface area contributed by atoms with Gasteiger partial charge in [0.1, 0.15) is 5.78 Å². The van der Waals surface area contributed by atoms with Crippen LogP contribution in [0.4, 0.5) is 0 Å². The largest absolute Gasteiger partial charge is 0.299 e. The monoisotopic (exact) mass is 244 g/mol. The number of hydrogen-bond acceptors (Lipinski definition) is 2. The second-order valence-corrected chi connectivity index (χ2v) is 5.06. The molecule has 0 unspecified atom stereocenters. The first-order valence-electron chi connectivity index (χ1n) is 4.01. The molecule has 1 nitrogen and oxygen atoms in total. The van der Waals surface area contributed by atoms with Gasteiger partial charge < -0.3 is 0 Å². The average molecular weight is 245 g/mol. The van der Waals surface area contributed by atoms with E-state index in [1.807, 2.05) is 11.4 Å². The molecule has 0 saturated heterocycles. The van der Waals surface area contributed by atoms with Crippen molar-refractivity contribution >= 4 is 33.0 Å². The van der Waals surface area contributed by atoms with E-state index in [2.05, 4.69) is 15.9 Å². The van der Waals surface area contributed by atoms with Crippen molar-refractivity contribution in [1.82, 2.24) is 0 Å². The number of hydrogen-bond donors (Lipinski definition) is 0. The van der Waals surface area contributed by atoms with E-state index in [9.17, 15) is 4.79 Å². The van der Waals surface area contributed by atoms with Gasteiger partial charge in [-0.3, -0.25) is 4.79 Å². The minimum absolute atomic E-state index is 0.394. The van der Waals surface area contributed by atoms with E-state index in [-0.39, 0.29) is 0 Å². The van der Waals surface area contributed by atoms with Crippen LogP contribution in [0.1, 0.15) is 17.7 Å². The first-order valence-corrected chi connectivity index (χ1v) is 5.68. The van der Waals surface area contributed by atoms with Crippen molar-refractivity contribution in [2.45, 2.75) is 19.3 Å². The van der Waals surface area contributed by atoms with Gasteiger partial charge in [0.15, 0.2) is 0 Å². The van der Waals surface area contributed by atoms with Crippen molar-refractivity contribution < 1.29 is 4.79 Å². The molecule has 0 radical (unpaired) electrons. The Hall–Kier alpha value is -0.150. The Morgan fingerprint density at radius 3 is 2.92 bits per heavy atom. The predicted molar refractivity (Wildman–Crippen MR) is 53.5 cm³/mol. The number of carbonyl (C=O) groups is 1. The van der Waals surface area contributed by atoms with Gasteiger partial charge in [0.25, 0.3) is 0 Å². The number of carbonyl (C=O) groups excluding carboxylic acids is 1. The van der Waals surface area contributed by atoms with Gasteiger partial charge in [0, 0.05) is 27.1 Å². The molecular weight excluding hydrogens is 236 g/mol. The third-order valence-corrected chi connectivity index (χ3v) is 3.70. The Kier molecular flexibility index (Phi) is 2.33. The zero-order valence-corrected chi connectivity index (χ0v) is 8.95. The molecule has 1 aliphatic rings. The quantitative estimate of drug-likeness (QED) is 0.799. The molecule has 0 bridgehead atoms. The van der Waals surface area contributed by atoms with E-state index < -0.39 is 0 Å². The van der Waals surface area contributed by atoms with Crippen LogP contribution in [-0.2, 0) is 11.2 Å². The second-order valence-electron chi connectivity index (χ2n) is 3.15. The summed E-state index contributed by atoms with van der Waals surface area (Å²) in [6.45, 7) is 0. The summed E-state index contributed by atoms with van der Waals surface area (Å²) < 4.78 is 1.09. The summed E-state index contributed by atoms with van der Waals surface area (Å²) in [5, 5.41) is 2.02. The van der Waals surface area contributed by atoms with E-state index in [1.54, 1.807) is 11.3 Å². The smallest absolute Gasteiger partial charge is 0.141 e. The molecular formula is C9H9BrOS. The van der Waals surface area contributed by atoms with Crippen LogP contribution in [0.25, 0.3) is 0 Å². The highest BCUT2D eigenvalue weighted by atomic mass is 79.9. The SMILES string of the molecule is O=C(Cc1cc(Br)cs1)C1CC1. The Morgan fingerprint density at radius 2 is 2.42 bits per heavy atom. The highest BCUT2D eigenvalue weighted by molar-refractivity contribution is 9.10. The third kappa shape index (κ3) is 1.96. The summed E-state index contributed by atoms with van der Waals surface area (Å²) in [5.41, 5.74) is 0. The first-order chi connectivity index (χ1) is 5.75. The molecule has 1 heterocycles. The number of thiophene rings is 1. The Morgan fingerprint density at radius 1 is 1.67 bits per heavy atom. The topological polar surface area (TPSA) is 17.1 Å². The molecule has 1 aromatic rings. The van der Waals surface area contributed by atoms with Crippen LogP contribution in [0.15, 0.2) is 15.9 Å².